The minimum absolute atomic E-state index is 0.159. The fraction of sp³-hybridized carbons (Fsp3) is 0.433. The molecule has 0 spiro atoms. The predicted molar refractivity (Wildman–Crippen MR) is 136 cm³/mol. The highest BCUT2D eigenvalue weighted by atomic mass is 16.5. The molecule has 1 unspecified atom stereocenters. The van der Waals surface area contributed by atoms with E-state index in [0.29, 0.717) is 17.2 Å². The normalized spacial score (nSPS) is 13.9. The van der Waals surface area contributed by atoms with Crippen LogP contribution in [0.4, 0.5) is 0 Å². The number of carbonyl (C=O) groups excluding carboxylic acids is 1. The number of ether oxygens (including phenoxy) is 1. The van der Waals surface area contributed by atoms with Gasteiger partial charge in [0.15, 0.2) is 0 Å². The third kappa shape index (κ3) is 8.49. The molecule has 1 atom stereocenters. The molecule has 0 radical (unpaired) electrons. The first-order valence-corrected chi connectivity index (χ1v) is 11.7. The Kier molecular flexibility index (Phi) is 9.07. The van der Waals surface area contributed by atoms with E-state index < -0.39 is 0 Å². The molecule has 2 aromatic carbocycles. The first-order chi connectivity index (χ1) is 15.0. The summed E-state index contributed by atoms with van der Waals surface area (Å²) >= 11 is 0. The van der Waals surface area contributed by atoms with Crippen LogP contribution in [0, 0.1) is 10.8 Å². The van der Waals surface area contributed by atoms with Gasteiger partial charge >= 0.3 is 5.97 Å². The minimum atomic E-state index is -0.314. The highest BCUT2D eigenvalue weighted by Gasteiger charge is 2.30. The van der Waals surface area contributed by atoms with E-state index in [2.05, 4.69) is 65.8 Å². The molecule has 0 fully saturated rings. The van der Waals surface area contributed by atoms with Crippen LogP contribution in [0.5, 0.6) is 5.75 Å². The van der Waals surface area contributed by atoms with E-state index in [1.807, 2.05) is 55.5 Å². The summed E-state index contributed by atoms with van der Waals surface area (Å²) in [6.07, 6.45) is 8.46. The van der Waals surface area contributed by atoms with E-state index in [4.69, 9.17) is 4.74 Å². The Morgan fingerprint density at radius 2 is 1.56 bits per heavy atom. The largest absolute Gasteiger partial charge is 0.423 e. The van der Waals surface area contributed by atoms with Crippen molar-refractivity contribution in [3.8, 4) is 5.75 Å². The van der Waals surface area contributed by atoms with Crippen LogP contribution < -0.4 is 4.74 Å². The molecule has 0 bridgehead atoms. The topological polar surface area (TPSA) is 26.3 Å². The Bertz CT molecular complexity index is 904. The van der Waals surface area contributed by atoms with Crippen LogP contribution in [0.1, 0.15) is 78.4 Å². The van der Waals surface area contributed by atoms with Gasteiger partial charge in [0.05, 0.1) is 5.57 Å². The molecule has 172 valence electrons. The highest BCUT2D eigenvalue weighted by molar-refractivity contribution is 5.93. The van der Waals surface area contributed by atoms with Crippen LogP contribution in [0.25, 0.3) is 0 Å². The molecule has 0 aromatic heterocycles. The van der Waals surface area contributed by atoms with Crippen molar-refractivity contribution in [3.63, 3.8) is 0 Å². The minimum Gasteiger partial charge on any atom is -0.423 e. The number of benzene rings is 2. The van der Waals surface area contributed by atoms with Crippen LogP contribution >= 0.6 is 0 Å². The van der Waals surface area contributed by atoms with Gasteiger partial charge in [-0.15, -0.1) is 0 Å². The van der Waals surface area contributed by atoms with Crippen LogP contribution in [0.3, 0.4) is 0 Å². The highest BCUT2D eigenvalue weighted by Crippen LogP contribution is 2.43. The maximum atomic E-state index is 12.8. The van der Waals surface area contributed by atoms with Gasteiger partial charge < -0.3 is 4.74 Å². The quantitative estimate of drug-likeness (QED) is 0.181. The van der Waals surface area contributed by atoms with Gasteiger partial charge in [0.25, 0.3) is 0 Å². The number of hydrogen-bond acceptors (Lipinski definition) is 2. The van der Waals surface area contributed by atoms with Crippen LogP contribution in [-0.4, -0.2) is 5.97 Å². The lowest BCUT2D eigenvalue weighted by atomic mass is 9.69. The number of rotatable bonds is 8. The average molecular weight is 433 g/mol. The maximum Gasteiger partial charge on any atom is 0.343 e. The van der Waals surface area contributed by atoms with Gasteiger partial charge in [-0.2, -0.15) is 0 Å². The van der Waals surface area contributed by atoms with Gasteiger partial charge in [0.2, 0.25) is 0 Å². The zero-order chi connectivity index (χ0) is 23.8. The zero-order valence-electron chi connectivity index (χ0n) is 20.9. The Balaban J connectivity index is 2.09. The van der Waals surface area contributed by atoms with Crippen molar-refractivity contribution in [1.29, 1.82) is 0 Å². The van der Waals surface area contributed by atoms with Crippen molar-refractivity contribution in [2.75, 3.05) is 0 Å². The van der Waals surface area contributed by atoms with Crippen LogP contribution in [0.2, 0.25) is 0 Å². The molecule has 0 N–H and O–H groups in total. The summed E-state index contributed by atoms with van der Waals surface area (Å²) in [5.74, 6) is 0.704. The smallest absolute Gasteiger partial charge is 0.343 e. The average Bonchev–Trinajstić information content (AvgIpc) is 2.71. The molecule has 0 amide bonds. The second kappa shape index (κ2) is 11.3. The molecule has 2 rings (SSSR count). The van der Waals surface area contributed by atoms with Crippen molar-refractivity contribution >= 4 is 5.97 Å². The van der Waals surface area contributed by atoms with E-state index in [1.54, 1.807) is 0 Å². The van der Waals surface area contributed by atoms with Gasteiger partial charge in [-0.3, -0.25) is 0 Å². The molecule has 0 aliphatic rings. The SMILES string of the molecule is CCC=C(C=CCc1ccccc1)C(=O)Oc1ccc(C(CC(C)(C)C)C(C)(C)C)cc1. The zero-order valence-corrected chi connectivity index (χ0v) is 20.9. The van der Waals surface area contributed by atoms with Crippen molar-refractivity contribution in [1.82, 2.24) is 0 Å². The summed E-state index contributed by atoms with van der Waals surface area (Å²) in [5.41, 5.74) is 3.50. The first kappa shape index (κ1) is 25.6. The molecule has 2 nitrogen and oxygen atoms in total. The fourth-order valence-corrected chi connectivity index (χ4v) is 3.85. The van der Waals surface area contributed by atoms with Crippen LogP contribution in [-0.2, 0) is 11.2 Å². The van der Waals surface area contributed by atoms with Gasteiger partial charge in [0.1, 0.15) is 5.75 Å². The van der Waals surface area contributed by atoms with Crippen LogP contribution in [0.15, 0.2) is 78.4 Å². The predicted octanol–water partition coefficient (Wildman–Crippen LogP) is 8.29. The monoisotopic (exact) mass is 432 g/mol. The van der Waals surface area contributed by atoms with Gasteiger partial charge in [-0.25, -0.2) is 4.79 Å². The molecule has 2 heteroatoms. The number of carbonyl (C=O) groups is 1. The number of esters is 1. The standard InChI is InChI=1S/C30H40O2/c1-8-13-25(17-12-16-23-14-10-9-11-15-23)28(31)32-26-20-18-24(19-21-26)27(30(5,6)7)22-29(2,3)4/h9-15,17-21,27H,8,16,22H2,1-7H3. The fourth-order valence-electron chi connectivity index (χ4n) is 3.85. The summed E-state index contributed by atoms with van der Waals surface area (Å²) in [4.78, 5) is 12.8. The van der Waals surface area contributed by atoms with E-state index in [1.165, 1.54) is 11.1 Å². The summed E-state index contributed by atoms with van der Waals surface area (Å²) < 4.78 is 5.69. The molecule has 0 aliphatic carbocycles. The Hall–Kier alpha value is -2.61. The Morgan fingerprint density at radius 1 is 0.938 bits per heavy atom. The van der Waals surface area contributed by atoms with Crippen molar-refractivity contribution in [3.05, 3.63) is 89.5 Å². The summed E-state index contributed by atoms with van der Waals surface area (Å²) in [5, 5.41) is 0. The van der Waals surface area contributed by atoms with Crippen molar-refractivity contribution in [2.24, 2.45) is 10.8 Å². The second-order valence-corrected chi connectivity index (χ2v) is 10.8. The molecule has 0 saturated carbocycles. The second-order valence-electron chi connectivity index (χ2n) is 10.8. The van der Waals surface area contributed by atoms with Crippen molar-refractivity contribution < 1.29 is 9.53 Å². The lowest BCUT2D eigenvalue weighted by Crippen LogP contribution is -2.23. The molecule has 32 heavy (non-hydrogen) atoms. The molecular weight excluding hydrogens is 392 g/mol. The summed E-state index contributed by atoms with van der Waals surface area (Å²) in [7, 11) is 0. The van der Waals surface area contributed by atoms with Gasteiger partial charge in [-0.05, 0) is 59.3 Å². The maximum absolute atomic E-state index is 12.8. The molecular formula is C30H40O2. The van der Waals surface area contributed by atoms with E-state index in [-0.39, 0.29) is 16.8 Å². The number of hydrogen-bond donors (Lipinski definition) is 0. The van der Waals surface area contributed by atoms with Gasteiger partial charge in [-0.1, -0.05) is 109 Å². The third-order valence-corrected chi connectivity index (χ3v) is 5.51. The molecule has 2 aromatic rings. The summed E-state index contributed by atoms with van der Waals surface area (Å²) in [6.45, 7) is 15.8. The Labute approximate surface area is 195 Å². The molecule has 0 aliphatic heterocycles. The van der Waals surface area contributed by atoms with E-state index >= 15 is 0 Å². The lowest BCUT2D eigenvalue weighted by molar-refractivity contribution is -0.129. The van der Waals surface area contributed by atoms with E-state index in [0.717, 1.165) is 19.3 Å². The third-order valence-electron chi connectivity index (χ3n) is 5.51. The van der Waals surface area contributed by atoms with Crippen molar-refractivity contribution in [2.45, 2.75) is 73.6 Å². The number of allylic oxidation sites excluding steroid dienone is 2. The first-order valence-electron chi connectivity index (χ1n) is 11.7. The lowest BCUT2D eigenvalue weighted by Gasteiger charge is -2.36. The van der Waals surface area contributed by atoms with E-state index in [9.17, 15) is 4.79 Å². The molecule has 0 heterocycles. The Morgan fingerprint density at radius 3 is 2.09 bits per heavy atom. The summed E-state index contributed by atoms with van der Waals surface area (Å²) in [6, 6.07) is 18.3. The molecule has 0 saturated heterocycles. The van der Waals surface area contributed by atoms with Gasteiger partial charge in [0, 0.05) is 0 Å².